The number of rotatable bonds is 14. The van der Waals surface area contributed by atoms with E-state index in [1.807, 2.05) is 47.2 Å². The van der Waals surface area contributed by atoms with Crippen molar-refractivity contribution >= 4 is 50.9 Å². The van der Waals surface area contributed by atoms with Gasteiger partial charge in [-0.2, -0.15) is 0 Å². The van der Waals surface area contributed by atoms with Crippen LogP contribution in [0.3, 0.4) is 0 Å². The molecule has 5 aromatic rings. The summed E-state index contributed by atoms with van der Waals surface area (Å²) in [5, 5.41) is 31.3. The van der Waals surface area contributed by atoms with Crippen LogP contribution in [0.1, 0.15) is 40.1 Å². The minimum absolute atomic E-state index is 0.0626. The Hall–Kier alpha value is -4.24. The van der Waals surface area contributed by atoms with Crippen molar-refractivity contribution in [1.82, 2.24) is 15.2 Å². The largest absolute Gasteiger partial charge is 0.506 e. The molecule has 0 bridgehead atoms. The molecule has 4 heterocycles. The molecule has 3 aromatic heterocycles. The standard InChI is InChI=1S/C37H42N6O5S2/c38-28-18-24(21-40-13-12-25-7-10-30(44)34-27(25)8-11-33(45)41-34)6-9-29(28)43(39)15-3-14-42-22-36(23-42)19-26(20-36)48-35(46)37(47,31-4-1-16-49-31)32-5-2-17-50-32/h1-2,4-11,16-18,26,40,44,47H,3,12-15,19-23,38-39H2,(H,41,45). The van der Waals surface area contributed by atoms with Gasteiger partial charge in [0.15, 0.2) is 0 Å². The predicted octanol–water partition coefficient (Wildman–Crippen LogP) is 4.29. The highest BCUT2D eigenvalue weighted by Crippen LogP contribution is 2.50. The molecule has 2 aliphatic rings. The number of carbonyl (C=O) groups is 1. The van der Waals surface area contributed by atoms with Gasteiger partial charge in [-0.3, -0.25) is 4.79 Å². The van der Waals surface area contributed by atoms with Crippen LogP contribution in [0.25, 0.3) is 10.9 Å². The first kappa shape index (κ1) is 34.2. The van der Waals surface area contributed by atoms with Crippen molar-refractivity contribution in [3.63, 3.8) is 0 Å². The van der Waals surface area contributed by atoms with Crippen LogP contribution in [0.5, 0.6) is 5.75 Å². The second-order valence-electron chi connectivity index (χ2n) is 13.5. The number of nitrogen functional groups attached to an aromatic ring is 1. The number of ether oxygens (including phenoxy) is 1. The van der Waals surface area contributed by atoms with Crippen molar-refractivity contribution in [2.45, 2.75) is 43.9 Å². The Morgan fingerprint density at radius 3 is 2.50 bits per heavy atom. The van der Waals surface area contributed by atoms with E-state index in [1.54, 1.807) is 29.3 Å². The number of aromatic nitrogens is 1. The Balaban J connectivity index is 0.815. The maximum absolute atomic E-state index is 13.3. The monoisotopic (exact) mass is 714 g/mol. The van der Waals surface area contributed by atoms with Gasteiger partial charge in [0.1, 0.15) is 11.9 Å². The fraction of sp³-hybridized carbons (Fsp3) is 0.351. The van der Waals surface area contributed by atoms with Crippen molar-refractivity contribution in [2.24, 2.45) is 11.3 Å². The van der Waals surface area contributed by atoms with E-state index in [2.05, 4.69) is 15.2 Å². The van der Waals surface area contributed by atoms with Crippen LogP contribution < -0.4 is 27.5 Å². The highest BCUT2D eigenvalue weighted by atomic mass is 32.1. The maximum Gasteiger partial charge on any atom is 0.349 e. The average molecular weight is 715 g/mol. The van der Waals surface area contributed by atoms with E-state index in [4.69, 9.17) is 16.3 Å². The lowest BCUT2D eigenvalue weighted by Crippen LogP contribution is -2.64. The number of nitrogens with two attached hydrogens (primary N) is 2. The molecule has 0 amide bonds. The first-order valence-electron chi connectivity index (χ1n) is 16.8. The Labute approximate surface area is 298 Å². The van der Waals surface area contributed by atoms with Crippen LogP contribution in [0, 0.1) is 5.41 Å². The number of carbonyl (C=O) groups excluding carboxylic acids is 1. The summed E-state index contributed by atoms with van der Waals surface area (Å²) >= 11 is 2.70. The molecule has 2 fully saturated rings. The molecule has 1 saturated heterocycles. The molecular weight excluding hydrogens is 673 g/mol. The number of hydrogen-bond acceptors (Lipinski definition) is 12. The highest BCUT2D eigenvalue weighted by molar-refractivity contribution is 7.12. The normalized spacial score (nSPS) is 16.0. The van der Waals surface area contributed by atoms with E-state index < -0.39 is 11.6 Å². The molecule has 0 radical (unpaired) electrons. The predicted molar refractivity (Wildman–Crippen MR) is 198 cm³/mol. The Morgan fingerprint density at radius 2 is 1.82 bits per heavy atom. The van der Waals surface area contributed by atoms with Crippen molar-refractivity contribution in [2.75, 3.05) is 43.5 Å². The van der Waals surface area contributed by atoms with Crippen LogP contribution in [-0.2, 0) is 28.1 Å². The van der Waals surface area contributed by atoms with Crippen LogP contribution in [0.2, 0.25) is 0 Å². The van der Waals surface area contributed by atoms with Gasteiger partial charge in [0.2, 0.25) is 11.2 Å². The number of aliphatic hydroxyl groups is 1. The van der Waals surface area contributed by atoms with E-state index >= 15 is 0 Å². The second-order valence-corrected chi connectivity index (χ2v) is 15.4. The number of phenols is 1. The van der Waals surface area contributed by atoms with Crippen molar-refractivity contribution < 1.29 is 19.7 Å². The molecular formula is C37H42N6O5S2. The molecule has 0 atom stereocenters. The lowest BCUT2D eigenvalue weighted by Gasteiger charge is -2.58. The topological polar surface area (TPSA) is 170 Å². The SMILES string of the molecule is Nc1cc(CNCCc2ccc(O)c3[nH]c(=O)ccc23)ccc1N(N)CCCN1CC2(CC(OC(=O)C(O)(c3cccs3)c3cccs3)C2)C1. The number of anilines is 2. The van der Waals surface area contributed by atoms with Gasteiger partial charge in [-0.25, -0.2) is 10.6 Å². The smallest absolute Gasteiger partial charge is 0.349 e. The quantitative estimate of drug-likeness (QED) is 0.0321. The summed E-state index contributed by atoms with van der Waals surface area (Å²) < 4.78 is 5.86. The molecule has 2 aromatic carbocycles. The summed E-state index contributed by atoms with van der Waals surface area (Å²) in [5.74, 6) is 5.89. The van der Waals surface area contributed by atoms with Gasteiger partial charge in [0.05, 0.1) is 26.6 Å². The third-order valence-electron chi connectivity index (χ3n) is 9.90. The Morgan fingerprint density at radius 1 is 1.08 bits per heavy atom. The number of aromatic hydroxyl groups is 1. The molecule has 50 heavy (non-hydrogen) atoms. The number of pyridine rings is 1. The van der Waals surface area contributed by atoms with E-state index in [9.17, 15) is 19.8 Å². The van der Waals surface area contributed by atoms with E-state index in [0.717, 1.165) is 67.5 Å². The molecule has 11 nitrogen and oxygen atoms in total. The number of hydrogen-bond donors (Lipinski definition) is 6. The van der Waals surface area contributed by atoms with Gasteiger partial charge < -0.3 is 40.9 Å². The number of benzene rings is 2. The second kappa shape index (κ2) is 14.2. The van der Waals surface area contributed by atoms with Crippen molar-refractivity contribution in [1.29, 1.82) is 0 Å². The van der Waals surface area contributed by atoms with Gasteiger partial charge in [0, 0.05) is 43.0 Å². The number of phenolic OH excluding ortho intramolecular Hbond substituents is 1. The summed E-state index contributed by atoms with van der Waals surface area (Å²) in [6.07, 6.45) is 3.08. The molecule has 1 saturated carbocycles. The number of fused-ring (bicyclic) bond motifs is 1. The van der Waals surface area contributed by atoms with E-state index in [0.29, 0.717) is 40.6 Å². The molecule has 13 heteroatoms. The summed E-state index contributed by atoms with van der Waals surface area (Å²) in [5.41, 5.74) is 8.56. The van der Waals surface area contributed by atoms with Gasteiger partial charge in [0.25, 0.3) is 0 Å². The number of H-pyrrole nitrogens is 1. The molecule has 262 valence electrons. The zero-order chi connectivity index (χ0) is 34.9. The Bertz CT molecular complexity index is 1970. The number of hydrazine groups is 1. The Kier molecular flexibility index (Phi) is 9.70. The summed E-state index contributed by atoms with van der Waals surface area (Å²) in [7, 11) is 0. The van der Waals surface area contributed by atoms with Crippen LogP contribution in [0.15, 0.2) is 82.3 Å². The third-order valence-corrected chi connectivity index (χ3v) is 11.9. The molecule has 8 N–H and O–H groups in total. The van der Waals surface area contributed by atoms with Crippen LogP contribution >= 0.6 is 22.7 Å². The first-order valence-corrected chi connectivity index (χ1v) is 18.6. The number of nitrogens with zero attached hydrogens (tertiary/aromatic N) is 2. The zero-order valence-corrected chi connectivity index (χ0v) is 29.3. The molecule has 1 spiro atoms. The fourth-order valence-electron chi connectivity index (χ4n) is 7.37. The number of thiophene rings is 2. The number of aromatic amines is 1. The van der Waals surface area contributed by atoms with Gasteiger partial charge in [-0.15, -0.1) is 22.7 Å². The minimum atomic E-state index is -1.76. The molecule has 7 rings (SSSR count). The van der Waals surface area contributed by atoms with Gasteiger partial charge in [-0.05, 0) is 97.1 Å². The van der Waals surface area contributed by atoms with Crippen LogP contribution in [-0.4, -0.2) is 64.9 Å². The number of likely N-dealkylation sites (tertiary alicyclic amines) is 1. The number of esters is 1. The molecule has 0 unspecified atom stereocenters. The first-order chi connectivity index (χ1) is 24.1. The van der Waals surface area contributed by atoms with Gasteiger partial charge in [-0.1, -0.05) is 24.3 Å². The lowest BCUT2D eigenvalue weighted by atomic mass is 9.61. The van der Waals surface area contributed by atoms with Crippen molar-refractivity contribution in [3.8, 4) is 5.75 Å². The van der Waals surface area contributed by atoms with E-state index in [1.165, 1.54) is 28.7 Å². The summed E-state index contributed by atoms with van der Waals surface area (Å²) in [4.78, 5) is 31.2. The number of nitrogens with one attached hydrogen (secondary N) is 2. The fourth-order valence-corrected chi connectivity index (χ4v) is 9.08. The van der Waals surface area contributed by atoms with Gasteiger partial charge >= 0.3 is 5.97 Å². The lowest BCUT2D eigenvalue weighted by molar-refractivity contribution is -0.191. The van der Waals surface area contributed by atoms with Crippen molar-refractivity contribution in [3.05, 3.63) is 109 Å². The summed E-state index contributed by atoms with van der Waals surface area (Å²) in [6, 6.07) is 19.9. The molecule has 1 aliphatic heterocycles. The highest BCUT2D eigenvalue weighted by Gasteiger charge is 2.55. The van der Waals surface area contributed by atoms with Crippen LogP contribution in [0.4, 0.5) is 11.4 Å². The third kappa shape index (κ3) is 6.89. The maximum atomic E-state index is 13.3. The zero-order valence-electron chi connectivity index (χ0n) is 27.6. The molecule has 1 aliphatic carbocycles. The van der Waals surface area contributed by atoms with E-state index in [-0.39, 0.29) is 22.8 Å². The summed E-state index contributed by atoms with van der Waals surface area (Å²) in [6.45, 7) is 4.88. The average Bonchev–Trinajstić information content (AvgIpc) is 3.81. The minimum Gasteiger partial charge on any atom is -0.506 e.